The van der Waals surface area contributed by atoms with Crippen molar-refractivity contribution in [3.8, 4) is 0 Å². The second kappa shape index (κ2) is 3.43. The molecule has 1 heterocycles. The van der Waals surface area contributed by atoms with Crippen molar-refractivity contribution in [3.63, 3.8) is 0 Å². The van der Waals surface area contributed by atoms with E-state index in [1.165, 1.54) is 11.5 Å². The van der Waals surface area contributed by atoms with Gasteiger partial charge in [-0.2, -0.15) is 0 Å². The van der Waals surface area contributed by atoms with Crippen molar-refractivity contribution in [3.05, 3.63) is 23.7 Å². The van der Waals surface area contributed by atoms with Gasteiger partial charge in [-0.15, -0.1) is 11.7 Å². The van der Waals surface area contributed by atoms with Gasteiger partial charge in [0, 0.05) is 5.38 Å². The minimum absolute atomic E-state index is 0.0313. The largest absolute Gasteiger partial charge is 0.322 e. The number of rotatable bonds is 3. The monoisotopic (exact) mass is 155 g/mol. The lowest BCUT2D eigenvalue weighted by Gasteiger charge is -2.01. The average Bonchev–Trinajstić information content (AvgIpc) is 2.38. The molecule has 1 atom stereocenters. The SMILES string of the molecule is C=CCC(N)c1csnn1. The minimum Gasteiger partial charge on any atom is -0.322 e. The molecule has 1 aromatic heterocycles. The van der Waals surface area contributed by atoms with Gasteiger partial charge in [-0.1, -0.05) is 10.6 Å². The molecule has 0 radical (unpaired) electrons. The number of nitrogens with zero attached hydrogens (tertiary/aromatic N) is 2. The van der Waals surface area contributed by atoms with Crippen molar-refractivity contribution >= 4 is 11.5 Å². The molecule has 10 heavy (non-hydrogen) atoms. The molecule has 0 aromatic carbocycles. The van der Waals surface area contributed by atoms with E-state index in [-0.39, 0.29) is 6.04 Å². The van der Waals surface area contributed by atoms with Crippen molar-refractivity contribution in [1.82, 2.24) is 9.59 Å². The molecular formula is C6H9N3S. The van der Waals surface area contributed by atoms with Gasteiger partial charge in [-0.25, -0.2) is 0 Å². The molecule has 0 saturated carbocycles. The zero-order valence-corrected chi connectivity index (χ0v) is 6.34. The Morgan fingerprint density at radius 2 is 2.70 bits per heavy atom. The van der Waals surface area contributed by atoms with E-state index in [1.54, 1.807) is 6.08 Å². The zero-order chi connectivity index (χ0) is 7.40. The van der Waals surface area contributed by atoms with Crippen LogP contribution in [0.25, 0.3) is 0 Å². The molecule has 1 aromatic rings. The van der Waals surface area contributed by atoms with Crippen LogP contribution in [0.5, 0.6) is 0 Å². The van der Waals surface area contributed by atoms with E-state index in [0.29, 0.717) is 0 Å². The molecule has 1 rings (SSSR count). The molecule has 2 N–H and O–H groups in total. The molecular weight excluding hydrogens is 146 g/mol. The fraction of sp³-hybridized carbons (Fsp3) is 0.333. The van der Waals surface area contributed by atoms with Gasteiger partial charge < -0.3 is 5.73 Å². The molecule has 3 nitrogen and oxygen atoms in total. The van der Waals surface area contributed by atoms with Gasteiger partial charge in [0.25, 0.3) is 0 Å². The Balaban J connectivity index is 2.58. The van der Waals surface area contributed by atoms with Gasteiger partial charge in [0.2, 0.25) is 0 Å². The lowest BCUT2D eigenvalue weighted by atomic mass is 10.2. The topological polar surface area (TPSA) is 51.8 Å². The highest BCUT2D eigenvalue weighted by Crippen LogP contribution is 2.11. The number of hydrogen-bond acceptors (Lipinski definition) is 4. The first-order valence-corrected chi connectivity index (χ1v) is 3.81. The summed E-state index contributed by atoms with van der Waals surface area (Å²) in [5.41, 5.74) is 6.53. The Labute approximate surface area is 63.7 Å². The van der Waals surface area contributed by atoms with Crippen molar-refractivity contribution in [2.45, 2.75) is 12.5 Å². The van der Waals surface area contributed by atoms with E-state index in [0.717, 1.165) is 12.1 Å². The second-order valence-corrected chi connectivity index (χ2v) is 2.57. The molecule has 54 valence electrons. The van der Waals surface area contributed by atoms with Crippen LogP contribution in [0.1, 0.15) is 18.2 Å². The molecule has 4 heteroatoms. The molecule has 0 spiro atoms. The minimum atomic E-state index is -0.0313. The first-order valence-electron chi connectivity index (χ1n) is 2.98. The van der Waals surface area contributed by atoms with E-state index in [9.17, 15) is 0 Å². The maximum atomic E-state index is 5.68. The predicted molar refractivity (Wildman–Crippen MR) is 41.7 cm³/mol. The van der Waals surface area contributed by atoms with Gasteiger partial charge in [-0.05, 0) is 18.0 Å². The van der Waals surface area contributed by atoms with Crippen LogP contribution in [0, 0.1) is 0 Å². The molecule has 0 amide bonds. The molecule has 0 fully saturated rings. The Hall–Kier alpha value is -0.740. The summed E-state index contributed by atoms with van der Waals surface area (Å²) < 4.78 is 3.70. The summed E-state index contributed by atoms with van der Waals surface area (Å²) in [4.78, 5) is 0. The van der Waals surface area contributed by atoms with Crippen LogP contribution in [0.4, 0.5) is 0 Å². The van der Waals surface area contributed by atoms with E-state index < -0.39 is 0 Å². The Morgan fingerprint density at radius 3 is 3.20 bits per heavy atom. The molecule has 0 bridgehead atoms. The van der Waals surface area contributed by atoms with Crippen LogP contribution in [-0.4, -0.2) is 9.59 Å². The summed E-state index contributed by atoms with van der Waals surface area (Å²) in [6.07, 6.45) is 2.54. The summed E-state index contributed by atoms with van der Waals surface area (Å²) in [5.74, 6) is 0. The number of aromatic nitrogens is 2. The van der Waals surface area contributed by atoms with Crippen LogP contribution in [-0.2, 0) is 0 Å². The van der Waals surface area contributed by atoms with Gasteiger partial charge in [0.05, 0.1) is 11.7 Å². The highest BCUT2D eigenvalue weighted by atomic mass is 32.1. The highest BCUT2D eigenvalue weighted by Gasteiger charge is 2.05. The van der Waals surface area contributed by atoms with Gasteiger partial charge >= 0.3 is 0 Å². The summed E-state index contributed by atoms with van der Waals surface area (Å²) in [6.45, 7) is 3.59. The first kappa shape index (κ1) is 7.37. The summed E-state index contributed by atoms with van der Waals surface area (Å²) in [7, 11) is 0. The van der Waals surface area contributed by atoms with Crippen molar-refractivity contribution < 1.29 is 0 Å². The van der Waals surface area contributed by atoms with Crippen LogP contribution in [0.2, 0.25) is 0 Å². The Morgan fingerprint density at radius 1 is 1.90 bits per heavy atom. The van der Waals surface area contributed by atoms with Crippen molar-refractivity contribution in [2.24, 2.45) is 5.73 Å². The second-order valence-electron chi connectivity index (χ2n) is 1.96. The van der Waals surface area contributed by atoms with Gasteiger partial charge in [0.15, 0.2) is 0 Å². The number of nitrogens with two attached hydrogens (primary N) is 1. The summed E-state index contributed by atoms with van der Waals surface area (Å²) in [5, 5.41) is 5.69. The molecule has 0 aliphatic heterocycles. The third kappa shape index (κ3) is 1.62. The van der Waals surface area contributed by atoms with E-state index in [1.807, 2.05) is 5.38 Å². The predicted octanol–water partition coefficient (Wildman–Crippen LogP) is 1.11. The fourth-order valence-corrected chi connectivity index (χ4v) is 1.15. The normalized spacial score (nSPS) is 12.9. The highest BCUT2D eigenvalue weighted by molar-refractivity contribution is 7.03. The Bertz CT molecular complexity index is 195. The third-order valence-electron chi connectivity index (χ3n) is 1.18. The first-order chi connectivity index (χ1) is 4.84. The smallest absolute Gasteiger partial charge is 0.0925 e. The van der Waals surface area contributed by atoms with Gasteiger partial charge in [0.1, 0.15) is 0 Å². The average molecular weight is 155 g/mol. The quantitative estimate of drug-likeness (QED) is 0.665. The lowest BCUT2D eigenvalue weighted by molar-refractivity contribution is 0.709. The lowest BCUT2D eigenvalue weighted by Crippen LogP contribution is -2.09. The molecule has 1 unspecified atom stereocenters. The fourth-order valence-electron chi connectivity index (χ4n) is 0.634. The standard InChI is InChI=1S/C6H9N3S/c1-2-3-5(7)6-4-10-9-8-6/h2,4-5H,1,3,7H2. The van der Waals surface area contributed by atoms with Crippen molar-refractivity contribution in [1.29, 1.82) is 0 Å². The maximum absolute atomic E-state index is 5.68. The number of hydrogen-bond donors (Lipinski definition) is 1. The maximum Gasteiger partial charge on any atom is 0.0925 e. The zero-order valence-electron chi connectivity index (χ0n) is 5.53. The Kier molecular flexibility index (Phi) is 2.53. The van der Waals surface area contributed by atoms with Crippen LogP contribution < -0.4 is 5.73 Å². The van der Waals surface area contributed by atoms with Crippen LogP contribution in [0.15, 0.2) is 18.0 Å². The van der Waals surface area contributed by atoms with E-state index in [4.69, 9.17) is 5.73 Å². The van der Waals surface area contributed by atoms with Crippen LogP contribution >= 0.6 is 11.5 Å². The van der Waals surface area contributed by atoms with E-state index >= 15 is 0 Å². The molecule has 0 aliphatic rings. The van der Waals surface area contributed by atoms with Crippen LogP contribution in [0.3, 0.4) is 0 Å². The summed E-state index contributed by atoms with van der Waals surface area (Å²) >= 11 is 1.32. The van der Waals surface area contributed by atoms with Crippen molar-refractivity contribution in [2.75, 3.05) is 0 Å². The molecule has 0 aliphatic carbocycles. The van der Waals surface area contributed by atoms with E-state index in [2.05, 4.69) is 16.2 Å². The third-order valence-corrected chi connectivity index (χ3v) is 1.70. The van der Waals surface area contributed by atoms with Gasteiger partial charge in [-0.3, -0.25) is 0 Å². The molecule has 0 saturated heterocycles. The summed E-state index contributed by atoms with van der Waals surface area (Å²) in [6, 6.07) is -0.0313.